The van der Waals surface area contributed by atoms with Crippen LogP contribution in [0.3, 0.4) is 0 Å². The molecule has 1 aromatic carbocycles. The quantitative estimate of drug-likeness (QED) is 0.809. The summed E-state index contributed by atoms with van der Waals surface area (Å²) in [5, 5.41) is 0. The summed E-state index contributed by atoms with van der Waals surface area (Å²) in [7, 11) is 2.03. The predicted octanol–water partition coefficient (Wildman–Crippen LogP) is 2.15. The van der Waals surface area contributed by atoms with E-state index in [1.807, 2.05) is 25.2 Å². The van der Waals surface area contributed by atoms with E-state index in [1.165, 1.54) is 0 Å². The number of anilines is 1. The number of nitrogens with one attached hydrogen (secondary N) is 1. The topological polar surface area (TPSA) is 49.0 Å². The third-order valence-electron chi connectivity index (χ3n) is 2.94. The van der Waals surface area contributed by atoms with Crippen LogP contribution in [0.15, 0.2) is 33.7 Å². The second kappa shape index (κ2) is 3.70. The first-order valence-electron chi connectivity index (χ1n) is 5.25. The molecule has 0 amide bonds. The lowest BCUT2D eigenvalue weighted by atomic mass is 10.00. The van der Waals surface area contributed by atoms with Crippen LogP contribution in [-0.4, -0.2) is 17.0 Å². The van der Waals surface area contributed by atoms with E-state index in [1.54, 1.807) is 6.20 Å². The molecule has 0 aliphatic carbocycles. The number of aromatic amines is 1. The van der Waals surface area contributed by atoms with Gasteiger partial charge in [-0.05, 0) is 22.0 Å². The second-order valence-corrected chi connectivity index (χ2v) is 4.93. The fraction of sp³-hybridized carbons (Fsp3) is 0.167. The molecule has 3 rings (SSSR count). The highest BCUT2D eigenvalue weighted by atomic mass is 79.9. The average Bonchev–Trinajstić information content (AvgIpc) is 2.30. The van der Waals surface area contributed by atoms with E-state index in [-0.39, 0.29) is 5.69 Å². The number of nitrogens with zero attached hydrogens (tertiary/aromatic N) is 2. The molecule has 0 radical (unpaired) electrons. The first-order valence-corrected chi connectivity index (χ1v) is 6.04. The molecule has 0 unspecified atom stereocenters. The normalized spacial score (nSPS) is 13.2. The number of para-hydroxylation sites is 1. The van der Waals surface area contributed by atoms with Crippen LogP contribution < -0.4 is 10.6 Å². The van der Waals surface area contributed by atoms with E-state index >= 15 is 0 Å². The van der Waals surface area contributed by atoms with Gasteiger partial charge in [-0.1, -0.05) is 12.1 Å². The molecule has 0 saturated heterocycles. The Morgan fingerprint density at radius 3 is 3.12 bits per heavy atom. The summed E-state index contributed by atoms with van der Waals surface area (Å²) in [6, 6.07) is 5.97. The largest absolute Gasteiger partial charge is 0.369 e. The lowest BCUT2D eigenvalue weighted by molar-refractivity contribution is 0.875. The van der Waals surface area contributed by atoms with Crippen molar-refractivity contribution >= 4 is 21.6 Å². The smallest absolute Gasteiger partial charge is 0.345 e. The molecule has 0 fully saturated rings. The Labute approximate surface area is 106 Å². The van der Waals surface area contributed by atoms with Crippen LogP contribution in [0.5, 0.6) is 0 Å². The van der Waals surface area contributed by atoms with Gasteiger partial charge in [-0.2, -0.15) is 0 Å². The second-order valence-electron chi connectivity index (χ2n) is 4.08. The van der Waals surface area contributed by atoms with Gasteiger partial charge in [-0.25, -0.2) is 9.78 Å². The maximum atomic E-state index is 11.3. The van der Waals surface area contributed by atoms with E-state index in [2.05, 4.69) is 30.8 Å². The van der Waals surface area contributed by atoms with Crippen molar-refractivity contribution in [3.8, 4) is 11.3 Å². The van der Waals surface area contributed by atoms with Crippen LogP contribution in [-0.2, 0) is 6.54 Å². The minimum atomic E-state index is -0.306. The molecule has 2 aromatic rings. The molecule has 86 valence electrons. The van der Waals surface area contributed by atoms with Crippen molar-refractivity contribution in [2.45, 2.75) is 6.54 Å². The Morgan fingerprint density at radius 2 is 2.29 bits per heavy atom. The molecule has 5 heteroatoms. The van der Waals surface area contributed by atoms with Gasteiger partial charge in [0, 0.05) is 35.4 Å². The number of hydrogen-bond acceptors (Lipinski definition) is 3. The highest BCUT2D eigenvalue weighted by Crippen LogP contribution is 2.40. The Hall–Kier alpha value is -1.62. The zero-order chi connectivity index (χ0) is 12.0. The molecule has 0 bridgehead atoms. The minimum Gasteiger partial charge on any atom is -0.369 e. The van der Waals surface area contributed by atoms with Crippen molar-refractivity contribution in [2.24, 2.45) is 0 Å². The highest BCUT2D eigenvalue weighted by Gasteiger charge is 2.22. The van der Waals surface area contributed by atoms with E-state index in [4.69, 9.17) is 0 Å². The first-order chi connectivity index (χ1) is 8.16. The first kappa shape index (κ1) is 10.5. The standard InChI is InChI=1S/C12H10BrN3O/c1-16-6-7-5-14-12(17)15-10(7)8-3-2-4-9(13)11(8)16/h2-5H,6H2,1H3,(H,14,15,17). The van der Waals surface area contributed by atoms with Gasteiger partial charge in [-0.15, -0.1) is 0 Å². The van der Waals surface area contributed by atoms with Crippen LogP contribution in [0.4, 0.5) is 5.69 Å². The Morgan fingerprint density at radius 1 is 1.47 bits per heavy atom. The van der Waals surface area contributed by atoms with Crippen LogP contribution >= 0.6 is 15.9 Å². The van der Waals surface area contributed by atoms with Crippen molar-refractivity contribution in [3.63, 3.8) is 0 Å². The molecule has 1 aromatic heterocycles. The summed E-state index contributed by atoms with van der Waals surface area (Å²) >= 11 is 3.54. The summed E-state index contributed by atoms with van der Waals surface area (Å²) in [5.41, 5.74) is 3.74. The molecule has 1 aliphatic rings. The van der Waals surface area contributed by atoms with Crippen LogP contribution in [0.2, 0.25) is 0 Å². The summed E-state index contributed by atoms with van der Waals surface area (Å²) < 4.78 is 1.03. The average molecular weight is 292 g/mol. The fourth-order valence-corrected chi connectivity index (χ4v) is 2.89. The number of hydrogen-bond donors (Lipinski definition) is 1. The van der Waals surface area contributed by atoms with Crippen molar-refractivity contribution < 1.29 is 0 Å². The zero-order valence-corrected chi connectivity index (χ0v) is 10.8. The van der Waals surface area contributed by atoms with Crippen molar-refractivity contribution in [1.82, 2.24) is 9.97 Å². The van der Waals surface area contributed by atoms with Gasteiger partial charge in [0.05, 0.1) is 11.4 Å². The predicted molar refractivity (Wildman–Crippen MR) is 70.1 cm³/mol. The molecule has 0 atom stereocenters. The van der Waals surface area contributed by atoms with Crippen molar-refractivity contribution in [3.05, 3.63) is 44.9 Å². The van der Waals surface area contributed by atoms with Gasteiger partial charge in [0.15, 0.2) is 0 Å². The Balaban J connectivity index is 2.36. The lowest BCUT2D eigenvalue weighted by Crippen LogP contribution is -2.25. The lowest BCUT2D eigenvalue weighted by Gasteiger charge is -2.29. The summed E-state index contributed by atoms with van der Waals surface area (Å²) in [5.74, 6) is 0. The maximum Gasteiger partial charge on any atom is 0.345 e. The minimum absolute atomic E-state index is 0.306. The Kier molecular flexibility index (Phi) is 2.29. The van der Waals surface area contributed by atoms with E-state index in [9.17, 15) is 4.79 Å². The molecular formula is C12H10BrN3O. The summed E-state index contributed by atoms with van der Waals surface area (Å²) in [6.45, 7) is 0.745. The van der Waals surface area contributed by atoms with Gasteiger partial charge in [0.2, 0.25) is 0 Å². The number of rotatable bonds is 0. The molecular weight excluding hydrogens is 282 g/mol. The van der Waals surface area contributed by atoms with Crippen LogP contribution in [0.25, 0.3) is 11.3 Å². The van der Waals surface area contributed by atoms with Gasteiger partial charge < -0.3 is 9.88 Å². The number of benzene rings is 1. The van der Waals surface area contributed by atoms with Gasteiger partial charge >= 0.3 is 5.69 Å². The van der Waals surface area contributed by atoms with Crippen molar-refractivity contribution in [1.29, 1.82) is 0 Å². The fourth-order valence-electron chi connectivity index (χ4n) is 2.22. The van der Waals surface area contributed by atoms with Gasteiger partial charge in [0.25, 0.3) is 0 Å². The SMILES string of the molecule is CN1Cc2cnc(=O)[nH]c2-c2cccc(Br)c21. The third kappa shape index (κ3) is 1.58. The molecule has 4 nitrogen and oxygen atoms in total. The summed E-state index contributed by atoms with van der Waals surface area (Å²) in [6.07, 6.45) is 1.65. The monoisotopic (exact) mass is 291 g/mol. The number of halogens is 1. The molecule has 2 heterocycles. The highest BCUT2D eigenvalue weighted by molar-refractivity contribution is 9.10. The third-order valence-corrected chi connectivity index (χ3v) is 3.58. The molecule has 1 aliphatic heterocycles. The van der Waals surface area contributed by atoms with Gasteiger partial charge in [0.1, 0.15) is 0 Å². The number of H-pyrrole nitrogens is 1. The van der Waals surface area contributed by atoms with E-state index in [0.717, 1.165) is 33.5 Å². The van der Waals surface area contributed by atoms with Crippen LogP contribution in [0, 0.1) is 0 Å². The molecule has 17 heavy (non-hydrogen) atoms. The maximum absolute atomic E-state index is 11.3. The number of aromatic nitrogens is 2. The number of fused-ring (bicyclic) bond motifs is 3. The van der Waals surface area contributed by atoms with Gasteiger partial charge in [-0.3, -0.25) is 0 Å². The van der Waals surface area contributed by atoms with E-state index in [0.29, 0.717) is 0 Å². The molecule has 0 saturated carbocycles. The molecule has 1 N–H and O–H groups in total. The Bertz CT molecular complexity index is 650. The summed E-state index contributed by atoms with van der Waals surface area (Å²) in [4.78, 5) is 20.1. The zero-order valence-electron chi connectivity index (χ0n) is 9.20. The van der Waals surface area contributed by atoms with Crippen molar-refractivity contribution in [2.75, 3.05) is 11.9 Å². The van der Waals surface area contributed by atoms with Crippen LogP contribution in [0.1, 0.15) is 5.56 Å². The molecule has 0 spiro atoms. The van der Waals surface area contributed by atoms with E-state index < -0.39 is 0 Å².